The fourth-order valence-corrected chi connectivity index (χ4v) is 1.64. The van der Waals surface area contributed by atoms with Crippen molar-refractivity contribution in [2.24, 2.45) is 10.2 Å². The molecule has 0 atom stereocenters. The second-order valence-corrected chi connectivity index (χ2v) is 4.04. The van der Waals surface area contributed by atoms with Gasteiger partial charge in [-0.05, 0) is 35.4 Å². The topological polar surface area (TPSA) is 43.2 Å². The molecule has 0 N–H and O–H groups in total. The van der Waals surface area contributed by atoms with Crippen molar-refractivity contribution in [3.63, 3.8) is 0 Å². The summed E-state index contributed by atoms with van der Waals surface area (Å²) in [4.78, 5) is 0. The summed E-state index contributed by atoms with van der Waals surface area (Å²) in [6.45, 7) is 0. The van der Waals surface area contributed by atoms with E-state index in [0.29, 0.717) is 0 Å². The molecule has 0 radical (unpaired) electrons. The first-order valence-corrected chi connectivity index (χ1v) is 6.16. The van der Waals surface area contributed by atoms with E-state index in [9.17, 15) is 0 Å². The molecule has 0 unspecified atom stereocenters. The molecule has 102 valence electrons. The zero-order valence-electron chi connectivity index (χ0n) is 11.5. The summed E-state index contributed by atoms with van der Waals surface area (Å²) in [5.41, 5.74) is 1.87. The Hall–Kier alpha value is -2.62. The highest BCUT2D eigenvalue weighted by molar-refractivity contribution is 5.83. The molecule has 0 saturated heterocycles. The van der Waals surface area contributed by atoms with Crippen LogP contribution in [0.3, 0.4) is 0 Å². The Morgan fingerprint density at radius 1 is 0.750 bits per heavy atom. The molecule has 20 heavy (non-hydrogen) atoms. The smallest absolute Gasteiger partial charge is 0.119 e. The lowest BCUT2D eigenvalue weighted by molar-refractivity contribution is 0.414. The van der Waals surface area contributed by atoms with Gasteiger partial charge in [0.15, 0.2) is 0 Å². The molecule has 0 aliphatic rings. The Kier molecular flexibility index (Phi) is 4.89. The molecule has 0 saturated carbocycles. The molecular formula is C16H16N2O2. The third-order valence-electron chi connectivity index (χ3n) is 2.67. The summed E-state index contributed by atoms with van der Waals surface area (Å²) in [6, 6.07) is 15.3. The minimum atomic E-state index is 0.797. The van der Waals surface area contributed by atoms with Gasteiger partial charge in [-0.2, -0.15) is 10.2 Å². The second-order valence-electron chi connectivity index (χ2n) is 4.04. The van der Waals surface area contributed by atoms with Crippen molar-refractivity contribution in [1.29, 1.82) is 0 Å². The first-order chi connectivity index (χ1) is 9.81. The van der Waals surface area contributed by atoms with Crippen molar-refractivity contribution in [2.45, 2.75) is 0 Å². The number of benzene rings is 2. The molecule has 0 spiro atoms. The number of hydrogen-bond donors (Lipinski definition) is 0. The molecule has 2 aromatic rings. The fraction of sp³-hybridized carbons (Fsp3) is 0.125. The van der Waals surface area contributed by atoms with E-state index in [-0.39, 0.29) is 0 Å². The van der Waals surface area contributed by atoms with Crippen molar-refractivity contribution in [1.82, 2.24) is 0 Å². The Labute approximate surface area is 118 Å². The number of rotatable bonds is 5. The van der Waals surface area contributed by atoms with E-state index < -0.39 is 0 Å². The van der Waals surface area contributed by atoms with Crippen LogP contribution in [0.1, 0.15) is 11.1 Å². The zero-order chi connectivity index (χ0) is 14.2. The van der Waals surface area contributed by atoms with Crippen LogP contribution < -0.4 is 9.47 Å². The largest absolute Gasteiger partial charge is 0.497 e. The number of methoxy groups -OCH3 is 2. The number of nitrogens with zero attached hydrogens (tertiary/aromatic N) is 2. The molecule has 0 amide bonds. The van der Waals surface area contributed by atoms with Crippen LogP contribution in [0.5, 0.6) is 11.5 Å². The van der Waals surface area contributed by atoms with Gasteiger partial charge in [-0.15, -0.1) is 0 Å². The number of hydrogen-bond acceptors (Lipinski definition) is 4. The van der Waals surface area contributed by atoms with Crippen LogP contribution in [0.2, 0.25) is 0 Å². The van der Waals surface area contributed by atoms with Crippen molar-refractivity contribution in [3.05, 3.63) is 59.7 Å². The Bertz CT molecular complexity index is 566. The van der Waals surface area contributed by atoms with Crippen LogP contribution >= 0.6 is 0 Å². The van der Waals surface area contributed by atoms with Crippen molar-refractivity contribution in [2.75, 3.05) is 14.2 Å². The maximum Gasteiger partial charge on any atom is 0.119 e. The number of ether oxygens (including phenoxy) is 2. The standard InChI is InChI=1S/C16H16N2O2/c1-19-15-7-3-5-13(9-15)11-17-18-12-14-6-4-8-16(10-14)20-2/h3-12H,1-2H3/b17-11-,18-12-. The van der Waals surface area contributed by atoms with E-state index in [0.717, 1.165) is 22.6 Å². The van der Waals surface area contributed by atoms with E-state index in [1.54, 1.807) is 26.6 Å². The van der Waals surface area contributed by atoms with Gasteiger partial charge in [-0.1, -0.05) is 24.3 Å². The lowest BCUT2D eigenvalue weighted by Gasteiger charge is -1.99. The predicted molar refractivity (Wildman–Crippen MR) is 81.2 cm³/mol. The van der Waals surface area contributed by atoms with Crippen molar-refractivity contribution in [3.8, 4) is 11.5 Å². The Morgan fingerprint density at radius 3 is 1.60 bits per heavy atom. The fourth-order valence-electron chi connectivity index (χ4n) is 1.64. The van der Waals surface area contributed by atoms with Crippen LogP contribution in [-0.2, 0) is 0 Å². The molecule has 0 bridgehead atoms. The van der Waals surface area contributed by atoms with E-state index in [2.05, 4.69) is 10.2 Å². The average Bonchev–Trinajstić information content (AvgIpc) is 2.52. The van der Waals surface area contributed by atoms with Crippen molar-refractivity contribution >= 4 is 12.4 Å². The van der Waals surface area contributed by atoms with Crippen LogP contribution in [0.25, 0.3) is 0 Å². The molecular weight excluding hydrogens is 252 g/mol. The highest BCUT2D eigenvalue weighted by Crippen LogP contribution is 2.11. The van der Waals surface area contributed by atoms with Gasteiger partial charge in [0.1, 0.15) is 11.5 Å². The third-order valence-corrected chi connectivity index (χ3v) is 2.67. The summed E-state index contributed by atoms with van der Waals surface area (Å²) in [6.07, 6.45) is 3.36. The first-order valence-electron chi connectivity index (χ1n) is 6.16. The lowest BCUT2D eigenvalue weighted by atomic mass is 10.2. The maximum atomic E-state index is 5.14. The van der Waals surface area contributed by atoms with Crippen LogP contribution in [0.15, 0.2) is 58.7 Å². The van der Waals surface area contributed by atoms with Crippen LogP contribution in [0.4, 0.5) is 0 Å². The molecule has 0 fully saturated rings. The van der Waals surface area contributed by atoms with Crippen molar-refractivity contribution < 1.29 is 9.47 Å². The Morgan fingerprint density at radius 2 is 1.20 bits per heavy atom. The van der Waals surface area contributed by atoms with Gasteiger partial charge in [0.2, 0.25) is 0 Å². The third kappa shape index (κ3) is 3.95. The highest BCUT2D eigenvalue weighted by Gasteiger charge is 1.92. The maximum absolute atomic E-state index is 5.14. The predicted octanol–water partition coefficient (Wildman–Crippen LogP) is 3.16. The van der Waals surface area contributed by atoms with Gasteiger partial charge in [0, 0.05) is 0 Å². The first kappa shape index (κ1) is 13.8. The van der Waals surface area contributed by atoms with Gasteiger partial charge in [-0.25, -0.2) is 0 Å². The molecule has 0 aliphatic heterocycles. The van der Waals surface area contributed by atoms with Gasteiger partial charge in [0.05, 0.1) is 26.6 Å². The van der Waals surface area contributed by atoms with E-state index in [1.165, 1.54) is 0 Å². The zero-order valence-corrected chi connectivity index (χ0v) is 11.5. The normalized spacial score (nSPS) is 11.1. The minimum Gasteiger partial charge on any atom is -0.497 e. The van der Waals surface area contributed by atoms with E-state index in [1.807, 2.05) is 48.5 Å². The van der Waals surface area contributed by atoms with Crippen LogP contribution in [-0.4, -0.2) is 26.6 Å². The van der Waals surface area contributed by atoms with E-state index >= 15 is 0 Å². The van der Waals surface area contributed by atoms with Gasteiger partial charge < -0.3 is 9.47 Å². The van der Waals surface area contributed by atoms with Gasteiger partial charge in [-0.3, -0.25) is 0 Å². The second kappa shape index (κ2) is 7.09. The van der Waals surface area contributed by atoms with Crippen LogP contribution in [0, 0.1) is 0 Å². The van der Waals surface area contributed by atoms with E-state index in [4.69, 9.17) is 9.47 Å². The molecule has 4 heteroatoms. The Balaban J connectivity index is 2.02. The monoisotopic (exact) mass is 268 g/mol. The minimum absolute atomic E-state index is 0.797. The summed E-state index contributed by atoms with van der Waals surface area (Å²) in [5, 5.41) is 8.03. The summed E-state index contributed by atoms with van der Waals surface area (Å²) in [7, 11) is 3.27. The highest BCUT2D eigenvalue weighted by atomic mass is 16.5. The molecule has 2 rings (SSSR count). The molecule has 0 aromatic heterocycles. The van der Waals surface area contributed by atoms with Gasteiger partial charge in [0.25, 0.3) is 0 Å². The SMILES string of the molecule is COc1cccc(/C=N\N=C/c2cccc(OC)c2)c1. The molecule has 0 aliphatic carbocycles. The quantitative estimate of drug-likeness (QED) is 0.617. The molecule has 0 heterocycles. The van der Waals surface area contributed by atoms with Gasteiger partial charge >= 0.3 is 0 Å². The summed E-state index contributed by atoms with van der Waals surface area (Å²) in [5.74, 6) is 1.59. The summed E-state index contributed by atoms with van der Waals surface area (Å²) >= 11 is 0. The summed E-state index contributed by atoms with van der Waals surface area (Å²) < 4.78 is 10.3. The average molecular weight is 268 g/mol. The molecule has 2 aromatic carbocycles. The lowest BCUT2D eigenvalue weighted by Crippen LogP contribution is -1.86. The molecule has 4 nitrogen and oxygen atoms in total.